The summed E-state index contributed by atoms with van der Waals surface area (Å²) in [6.07, 6.45) is 1.56. The third kappa shape index (κ3) is 4.62. The maximum atomic E-state index is 12.7. The molecule has 160 valence electrons. The van der Waals surface area contributed by atoms with E-state index in [1.54, 1.807) is 6.33 Å². The molecule has 0 spiro atoms. The fraction of sp³-hybridized carbons (Fsp3) is 0.348. The van der Waals surface area contributed by atoms with Crippen molar-refractivity contribution in [2.24, 2.45) is 0 Å². The Bertz CT molecular complexity index is 1070. The molecule has 1 unspecified atom stereocenters. The smallest absolute Gasteiger partial charge is 0.327 e. The van der Waals surface area contributed by atoms with Gasteiger partial charge in [0.05, 0.1) is 23.8 Å². The molecule has 1 N–H and O–H groups in total. The van der Waals surface area contributed by atoms with Crippen LogP contribution in [0.5, 0.6) is 5.75 Å². The van der Waals surface area contributed by atoms with Crippen molar-refractivity contribution in [2.75, 3.05) is 51.3 Å². The number of piperazine rings is 1. The molecule has 0 radical (unpaired) electrons. The number of nitrogens with zero attached hydrogens (tertiary/aromatic N) is 5. The molecule has 3 aromatic rings. The van der Waals surface area contributed by atoms with Crippen molar-refractivity contribution < 1.29 is 9.53 Å². The number of amides is 1. The Morgan fingerprint density at radius 3 is 2.87 bits per heavy atom. The van der Waals surface area contributed by atoms with Gasteiger partial charge in [0, 0.05) is 19.6 Å². The number of benzene rings is 2. The van der Waals surface area contributed by atoms with Gasteiger partial charge in [-0.3, -0.25) is 9.47 Å². The second-order valence-corrected chi connectivity index (χ2v) is 7.57. The van der Waals surface area contributed by atoms with Gasteiger partial charge < -0.3 is 19.8 Å². The summed E-state index contributed by atoms with van der Waals surface area (Å²) >= 11 is 0. The molecule has 0 bridgehead atoms. The van der Waals surface area contributed by atoms with Crippen LogP contribution in [0.25, 0.3) is 15.9 Å². The van der Waals surface area contributed by atoms with Crippen LogP contribution in [-0.4, -0.2) is 72.9 Å². The molecule has 31 heavy (non-hydrogen) atoms. The molecule has 2 heterocycles. The lowest BCUT2D eigenvalue weighted by atomic mass is 10.1. The fourth-order valence-electron chi connectivity index (χ4n) is 3.84. The van der Waals surface area contributed by atoms with E-state index in [4.69, 9.17) is 11.3 Å². The van der Waals surface area contributed by atoms with E-state index >= 15 is 0 Å². The molecular weight excluding hydrogens is 392 g/mol. The molecule has 1 aliphatic rings. The number of carbonyl (C=O) groups is 1. The first-order valence-electron chi connectivity index (χ1n) is 10.4. The summed E-state index contributed by atoms with van der Waals surface area (Å²) in [6.45, 7) is 11.0. The van der Waals surface area contributed by atoms with Gasteiger partial charge in [0.25, 0.3) is 0 Å². The molecule has 8 nitrogen and oxygen atoms in total. The molecule has 1 amide bonds. The number of imidazole rings is 1. The number of likely N-dealkylation sites (N-methyl/N-ethyl adjacent to an activating group) is 1. The number of fused-ring (bicyclic) bond motifs is 1. The van der Waals surface area contributed by atoms with Crippen LogP contribution in [0.15, 0.2) is 54.9 Å². The highest BCUT2D eigenvalue weighted by atomic mass is 16.5. The summed E-state index contributed by atoms with van der Waals surface area (Å²) < 4.78 is 7.16. The largest absolute Gasteiger partial charge is 0.492 e. The van der Waals surface area contributed by atoms with Gasteiger partial charge in [-0.1, -0.05) is 24.3 Å². The van der Waals surface area contributed by atoms with Crippen molar-refractivity contribution >= 4 is 22.8 Å². The summed E-state index contributed by atoms with van der Waals surface area (Å²) in [5.74, 6) is 0.776. The monoisotopic (exact) mass is 418 g/mol. The summed E-state index contributed by atoms with van der Waals surface area (Å²) in [4.78, 5) is 25.3. The van der Waals surface area contributed by atoms with Crippen LogP contribution < -0.4 is 15.0 Å². The van der Waals surface area contributed by atoms with E-state index in [0.29, 0.717) is 19.7 Å². The lowest BCUT2D eigenvalue weighted by Crippen LogP contribution is -2.52. The molecule has 1 atom stereocenters. The second kappa shape index (κ2) is 9.49. The lowest BCUT2D eigenvalue weighted by Gasteiger charge is -2.38. The second-order valence-electron chi connectivity index (χ2n) is 7.57. The first-order chi connectivity index (χ1) is 15.2. The van der Waals surface area contributed by atoms with Gasteiger partial charge in [-0.15, -0.1) is 0 Å². The minimum absolute atomic E-state index is 0.191. The summed E-state index contributed by atoms with van der Waals surface area (Å²) in [5.41, 5.74) is 2.56. The van der Waals surface area contributed by atoms with Crippen LogP contribution in [0, 0.1) is 6.57 Å². The lowest BCUT2D eigenvalue weighted by molar-refractivity contribution is 0.231. The molecule has 8 heteroatoms. The quantitative estimate of drug-likeness (QED) is 0.493. The Balaban J connectivity index is 1.43. The minimum Gasteiger partial charge on any atom is -0.492 e. The van der Waals surface area contributed by atoms with Crippen LogP contribution in [-0.2, 0) is 0 Å². The highest BCUT2D eigenvalue weighted by molar-refractivity contribution is 5.95. The first kappa shape index (κ1) is 20.7. The number of para-hydroxylation sites is 2. The van der Waals surface area contributed by atoms with Crippen molar-refractivity contribution in [2.45, 2.75) is 6.04 Å². The van der Waals surface area contributed by atoms with E-state index in [2.05, 4.69) is 32.0 Å². The standard InChI is InChI=1S/C23H26N6O2/c1-24-15-18-16-28(13-12-27(18)2)20-9-6-10-21-22(20)26-17-29(21)23(30)25-11-14-31-19-7-4-3-5-8-19/h3-10,17-18H,11-16H2,2H3,(H,25,30). The Kier molecular flexibility index (Phi) is 6.34. The van der Waals surface area contributed by atoms with Gasteiger partial charge in [0.15, 0.2) is 0 Å². The Hall–Kier alpha value is -3.57. The van der Waals surface area contributed by atoms with Crippen LogP contribution in [0.3, 0.4) is 0 Å². The third-order valence-corrected chi connectivity index (χ3v) is 5.58. The molecule has 1 fully saturated rings. The highest BCUT2D eigenvalue weighted by Crippen LogP contribution is 2.27. The van der Waals surface area contributed by atoms with Gasteiger partial charge in [0.1, 0.15) is 24.2 Å². The van der Waals surface area contributed by atoms with Gasteiger partial charge in [-0.25, -0.2) is 16.4 Å². The molecule has 1 aliphatic heterocycles. The van der Waals surface area contributed by atoms with Gasteiger partial charge in [-0.2, -0.15) is 0 Å². The average molecular weight is 419 g/mol. The van der Waals surface area contributed by atoms with Crippen LogP contribution in [0.1, 0.15) is 0 Å². The van der Waals surface area contributed by atoms with Crippen LogP contribution >= 0.6 is 0 Å². The van der Waals surface area contributed by atoms with E-state index < -0.39 is 0 Å². The molecule has 1 saturated heterocycles. The third-order valence-electron chi connectivity index (χ3n) is 5.58. The molecule has 0 aliphatic carbocycles. The summed E-state index contributed by atoms with van der Waals surface area (Å²) in [5, 5.41) is 2.88. The van der Waals surface area contributed by atoms with E-state index in [0.717, 1.165) is 42.1 Å². The molecule has 0 saturated carbocycles. The normalized spacial score (nSPS) is 16.8. The SMILES string of the molecule is [C-]#[N+]CC1CN(c2cccc3c2ncn3C(=O)NCCOc2ccccc2)CCN1C. The molecular formula is C23H26N6O2. The van der Waals surface area contributed by atoms with E-state index in [1.807, 2.05) is 48.5 Å². The first-order valence-corrected chi connectivity index (χ1v) is 10.4. The fourth-order valence-corrected chi connectivity index (χ4v) is 3.84. The molecule has 4 rings (SSSR count). The molecule has 1 aromatic heterocycles. The maximum absolute atomic E-state index is 12.7. The average Bonchev–Trinajstić information content (AvgIpc) is 3.23. The van der Waals surface area contributed by atoms with Crippen molar-refractivity contribution in [1.82, 2.24) is 19.8 Å². The minimum atomic E-state index is -0.236. The summed E-state index contributed by atoms with van der Waals surface area (Å²) in [7, 11) is 2.06. The van der Waals surface area contributed by atoms with E-state index in [9.17, 15) is 4.79 Å². The number of aromatic nitrogens is 2. The number of ether oxygens (including phenoxy) is 1. The zero-order chi connectivity index (χ0) is 21.6. The van der Waals surface area contributed by atoms with Gasteiger partial charge >= 0.3 is 6.03 Å². The van der Waals surface area contributed by atoms with Crippen molar-refractivity contribution in [3.8, 4) is 5.75 Å². The zero-order valence-electron chi connectivity index (χ0n) is 17.6. The Morgan fingerprint density at radius 1 is 1.23 bits per heavy atom. The van der Waals surface area contributed by atoms with Crippen molar-refractivity contribution in [3.05, 3.63) is 66.3 Å². The van der Waals surface area contributed by atoms with Crippen molar-refractivity contribution in [1.29, 1.82) is 0 Å². The number of hydrogen-bond donors (Lipinski definition) is 1. The predicted octanol–water partition coefficient (Wildman–Crippen LogP) is 2.71. The number of hydrogen-bond acceptors (Lipinski definition) is 5. The Morgan fingerprint density at radius 2 is 2.06 bits per heavy atom. The topological polar surface area (TPSA) is 67.0 Å². The van der Waals surface area contributed by atoms with Gasteiger partial charge in [-0.05, 0) is 31.3 Å². The van der Waals surface area contributed by atoms with E-state index in [-0.39, 0.29) is 12.1 Å². The number of rotatable bonds is 6. The maximum Gasteiger partial charge on any atom is 0.327 e. The number of nitrogens with one attached hydrogen (secondary N) is 1. The van der Waals surface area contributed by atoms with E-state index in [1.165, 1.54) is 4.57 Å². The Labute approximate surface area is 181 Å². The van der Waals surface area contributed by atoms with Crippen LogP contribution in [0.4, 0.5) is 10.5 Å². The van der Waals surface area contributed by atoms with Crippen molar-refractivity contribution in [3.63, 3.8) is 0 Å². The number of anilines is 1. The molecule has 2 aromatic carbocycles. The van der Waals surface area contributed by atoms with Crippen LogP contribution in [0.2, 0.25) is 0 Å². The highest BCUT2D eigenvalue weighted by Gasteiger charge is 2.28. The predicted molar refractivity (Wildman–Crippen MR) is 121 cm³/mol. The van der Waals surface area contributed by atoms with Gasteiger partial charge in [0.2, 0.25) is 6.54 Å². The zero-order valence-corrected chi connectivity index (χ0v) is 17.6. The number of carbonyl (C=O) groups excluding carboxylic acids is 1. The summed E-state index contributed by atoms with van der Waals surface area (Å²) in [6, 6.07) is 15.4.